The molecule has 0 saturated carbocycles. The van der Waals surface area contributed by atoms with Gasteiger partial charge in [-0.3, -0.25) is 0 Å². The van der Waals surface area contributed by atoms with Gasteiger partial charge in [-0.25, -0.2) is 0 Å². The van der Waals surface area contributed by atoms with Gasteiger partial charge in [0.25, 0.3) is 0 Å². The van der Waals surface area contributed by atoms with Gasteiger partial charge in [-0.15, -0.1) is 0 Å². The van der Waals surface area contributed by atoms with Crippen molar-refractivity contribution in [3.63, 3.8) is 0 Å². The molecule has 1 rings (SSSR count). The topological polar surface area (TPSA) is 30.9 Å². The third-order valence-electron chi connectivity index (χ3n) is 3.04. The van der Waals surface area contributed by atoms with E-state index in [1.54, 1.807) is 7.11 Å². The molecule has 0 aromatic heterocycles. The highest BCUT2D eigenvalue weighted by molar-refractivity contribution is 5.28. The normalized spacial score (nSPS) is 11.3. The fourth-order valence-corrected chi connectivity index (χ4v) is 2.07. The van der Waals surface area contributed by atoms with E-state index in [4.69, 9.17) is 14.2 Å². The molecule has 0 aliphatic carbocycles. The van der Waals surface area contributed by atoms with E-state index < -0.39 is 0 Å². The number of hydrogen-bond acceptors (Lipinski definition) is 4. The van der Waals surface area contributed by atoms with Crippen molar-refractivity contribution in [3.8, 4) is 5.75 Å². The molecular weight excluding hydrogens is 254 g/mol. The van der Waals surface area contributed by atoms with Gasteiger partial charge in [0.05, 0.1) is 7.11 Å². The highest BCUT2D eigenvalue weighted by Crippen LogP contribution is 2.14. The molecule has 4 nitrogen and oxygen atoms in total. The second-order valence-corrected chi connectivity index (χ2v) is 4.72. The number of rotatable bonds is 10. The number of benzene rings is 1. The maximum Gasteiger partial charge on any atom is 0.158 e. The van der Waals surface area contributed by atoms with Gasteiger partial charge in [0.2, 0.25) is 0 Å². The predicted molar refractivity (Wildman–Crippen MR) is 81.0 cm³/mol. The molecule has 0 spiro atoms. The summed E-state index contributed by atoms with van der Waals surface area (Å²) < 4.78 is 16.3. The lowest BCUT2D eigenvalue weighted by Gasteiger charge is -2.21. The zero-order valence-corrected chi connectivity index (χ0v) is 13.1. The summed E-state index contributed by atoms with van der Waals surface area (Å²) in [5.41, 5.74) is 1.25. The monoisotopic (exact) mass is 281 g/mol. The molecule has 114 valence electrons. The predicted octanol–water partition coefficient (Wildman–Crippen LogP) is 2.92. The van der Waals surface area contributed by atoms with Gasteiger partial charge in [-0.05, 0) is 38.6 Å². The number of hydrogen-bond donors (Lipinski definition) is 0. The molecule has 0 unspecified atom stereocenters. The Morgan fingerprint density at radius 1 is 1.15 bits per heavy atom. The summed E-state index contributed by atoms with van der Waals surface area (Å²) in [6.45, 7) is 7.18. The van der Waals surface area contributed by atoms with Crippen LogP contribution in [0.4, 0.5) is 0 Å². The standard InChI is InChI=1S/C16H27NO3/c1-5-19-16(20-6-2)10-11-17(3)13-14-8-7-9-15(12-14)18-4/h7-9,12,16H,5-6,10-11,13H2,1-4H3. The van der Waals surface area contributed by atoms with Gasteiger partial charge >= 0.3 is 0 Å². The quantitative estimate of drug-likeness (QED) is 0.617. The van der Waals surface area contributed by atoms with E-state index in [9.17, 15) is 0 Å². The summed E-state index contributed by atoms with van der Waals surface area (Å²) >= 11 is 0. The van der Waals surface area contributed by atoms with Crippen LogP contribution < -0.4 is 4.74 Å². The Balaban J connectivity index is 2.39. The number of ether oxygens (including phenoxy) is 3. The first-order chi connectivity index (χ1) is 9.69. The molecule has 0 radical (unpaired) electrons. The Morgan fingerprint density at radius 3 is 2.45 bits per heavy atom. The number of nitrogens with zero attached hydrogens (tertiary/aromatic N) is 1. The van der Waals surface area contributed by atoms with E-state index in [2.05, 4.69) is 24.1 Å². The Kier molecular flexibility index (Phi) is 8.26. The lowest BCUT2D eigenvalue weighted by Crippen LogP contribution is -2.26. The highest BCUT2D eigenvalue weighted by Gasteiger charge is 2.10. The summed E-state index contributed by atoms with van der Waals surface area (Å²) in [5.74, 6) is 0.900. The molecule has 0 saturated heterocycles. The van der Waals surface area contributed by atoms with Crippen LogP contribution in [0.3, 0.4) is 0 Å². The summed E-state index contributed by atoms with van der Waals surface area (Å²) in [6.07, 6.45) is 0.778. The zero-order chi connectivity index (χ0) is 14.8. The van der Waals surface area contributed by atoms with E-state index in [1.165, 1.54) is 5.56 Å². The van der Waals surface area contributed by atoms with Crippen molar-refractivity contribution in [1.29, 1.82) is 0 Å². The van der Waals surface area contributed by atoms with Gasteiger partial charge in [-0.1, -0.05) is 12.1 Å². The molecule has 1 aromatic carbocycles. The minimum Gasteiger partial charge on any atom is -0.497 e. The van der Waals surface area contributed by atoms with E-state index in [1.807, 2.05) is 26.0 Å². The minimum absolute atomic E-state index is 0.0993. The second kappa shape index (κ2) is 9.75. The molecule has 0 amide bonds. The van der Waals surface area contributed by atoms with Gasteiger partial charge in [0.1, 0.15) is 5.75 Å². The van der Waals surface area contributed by atoms with Crippen molar-refractivity contribution in [2.24, 2.45) is 0 Å². The van der Waals surface area contributed by atoms with E-state index in [0.29, 0.717) is 13.2 Å². The molecule has 0 bridgehead atoms. The Morgan fingerprint density at radius 2 is 1.85 bits per heavy atom. The molecule has 0 heterocycles. The van der Waals surface area contributed by atoms with Crippen LogP contribution in [0.5, 0.6) is 5.75 Å². The summed E-state index contributed by atoms with van der Waals surface area (Å²) in [4.78, 5) is 2.26. The Labute approximate surface area is 122 Å². The highest BCUT2D eigenvalue weighted by atomic mass is 16.7. The Bertz CT molecular complexity index is 364. The first-order valence-corrected chi connectivity index (χ1v) is 7.24. The summed E-state index contributed by atoms with van der Waals surface area (Å²) in [5, 5.41) is 0. The SMILES string of the molecule is CCOC(CCN(C)Cc1cccc(OC)c1)OCC. The van der Waals surface area contributed by atoms with Crippen LogP contribution in [0.25, 0.3) is 0 Å². The molecular formula is C16H27NO3. The van der Waals surface area contributed by atoms with Crippen LogP contribution in [0.2, 0.25) is 0 Å². The van der Waals surface area contributed by atoms with Gasteiger partial charge in [-0.2, -0.15) is 0 Å². The molecule has 0 aliphatic rings. The fraction of sp³-hybridized carbons (Fsp3) is 0.625. The van der Waals surface area contributed by atoms with Crippen molar-refractivity contribution >= 4 is 0 Å². The molecule has 4 heteroatoms. The van der Waals surface area contributed by atoms with Gasteiger partial charge in [0.15, 0.2) is 6.29 Å². The third kappa shape index (κ3) is 6.37. The first kappa shape index (κ1) is 17.0. The van der Waals surface area contributed by atoms with E-state index in [0.717, 1.165) is 25.3 Å². The van der Waals surface area contributed by atoms with Crippen molar-refractivity contribution < 1.29 is 14.2 Å². The fourth-order valence-electron chi connectivity index (χ4n) is 2.07. The van der Waals surface area contributed by atoms with Crippen LogP contribution in [-0.2, 0) is 16.0 Å². The molecule has 0 aliphatic heterocycles. The second-order valence-electron chi connectivity index (χ2n) is 4.72. The van der Waals surface area contributed by atoms with Crippen LogP contribution in [0.1, 0.15) is 25.8 Å². The molecule has 0 N–H and O–H groups in total. The lowest BCUT2D eigenvalue weighted by atomic mass is 10.2. The maximum absolute atomic E-state index is 5.55. The van der Waals surface area contributed by atoms with Gasteiger partial charge in [0, 0.05) is 32.7 Å². The van der Waals surface area contributed by atoms with Crippen molar-refractivity contribution in [2.75, 3.05) is 33.9 Å². The van der Waals surface area contributed by atoms with Crippen LogP contribution in [0, 0.1) is 0 Å². The van der Waals surface area contributed by atoms with Crippen molar-refractivity contribution in [2.45, 2.75) is 33.1 Å². The maximum atomic E-state index is 5.55. The Hall–Kier alpha value is -1.10. The molecule has 1 aromatic rings. The van der Waals surface area contributed by atoms with Crippen LogP contribution >= 0.6 is 0 Å². The van der Waals surface area contributed by atoms with Gasteiger partial charge < -0.3 is 19.1 Å². The smallest absolute Gasteiger partial charge is 0.158 e. The average molecular weight is 281 g/mol. The number of methoxy groups -OCH3 is 1. The van der Waals surface area contributed by atoms with E-state index in [-0.39, 0.29) is 6.29 Å². The third-order valence-corrected chi connectivity index (χ3v) is 3.04. The minimum atomic E-state index is -0.0993. The molecule has 20 heavy (non-hydrogen) atoms. The summed E-state index contributed by atoms with van der Waals surface area (Å²) in [7, 11) is 3.80. The van der Waals surface area contributed by atoms with E-state index >= 15 is 0 Å². The summed E-state index contributed by atoms with van der Waals surface area (Å²) in [6, 6.07) is 8.16. The van der Waals surface area contributed by atoms with Crippen molar-refractivity contribution in [1.82, 2.24) is 4.90 Å². The van der Waals surface area contributed by atoms with Crippen LogP contribution in [0.15, 0.2) is 24.3 Å². The average Bonchev–Trinajstić information content (AvgIpc) is 2.45. The van der Waals surface area contributed by atoms with Crippen LogP contribution in [-0.4, -0.2) is 45.1 Å². The zero-order valence-electron chi connectivity index (χ0n) is 13.1. The van der Waals surface area contributed by atoms with Crippen molar-refractivity contribution in [3.05, 3.63) is 29.8 Å². The lowest BCUT2D eigenvalue weighted by molar-refractivity contribution is -0.141. The largest absolute Gasteiger partial charge is 0.497 e. The molecule has 0 fully saturated rings. The molecule has 0 atom stereocenters. The first-order valence-electron chi connectivity index (χ1n) is 7.24.